The Bertz CT molecular complexity index is 402. The van der Waals surface area contributed by atoms with E-state index >= 15 is 0 Å². The third-order valence-electron chi connectivity index (χ3n) is 2.86. The minimum Gasteiger partial charge on any atom is -0.348 e. The van der Waals surface area contributed by atoms with Crippen LogP contribution in [0.15, 0.2) is 18.2 Å². The first-order chi connectivity index (χ1) is 8.31. The Morgan fingerprint density at radius 2 is 2.24 bits per heavy atom. The van der Waals surface area contributed by atoms with Gasteiger partial charge in [-0.05, 0) is 37.3 Å². The van der Waals surface area contributed by atoms with Gasteiger partial charge in [-0.1, -0.05) is 12.2 Å². The second kappa shape index (κ2) is 6.22. The summed E-state index contributed by atoms with van der Waals surface area (Å²) in [7, 11) is 0. The summed E-state index contributed by atoms with van der Waals surface area (Å²) in [6, 6.07) is 2.06. The predicted octanol–water partition coefficient (Wildman–Crippen LogP) is 3.15. The van der Waals surface area contributed by atoms with Crippen molar-refractivity contribution in [3.63, 3.8) is 0 Å². The molecule has 0 atom stereocenters. The zero-order chi connectivity index (χ0) is 12.1. The van der Waals surface area contributed by atoms with Crippen molar-refractivity contribution in [2.75, 3.05) is 12.4 Å². The van der Waals surface area contributed by atoms with Gasteiger partial charge in [-0.25, -0.2) is 0 Å². The molecule has 0 bridgehead atoms. The van der Waals surface area contributed by atoms with E-state index in [1.54, 1.807) is 11.3 Å². The van der Waals surface area contributed by atoms with Crippen LogP contribution in [0.2, 0.25) is 0 Å². The minimum atomic E-state index is 0.0311. The van der Waals surface area contributed by atoms with Crippen molar-refractivity contribution in [2.24, 2.45) is 0 Å². The molecule has 0 aliphatic heterocycles. The van der Waals surface area contributed by atoms with Gasteiger partial charge in [-0.2, -0.15) is 0 Å². The van der Waals surface area contributed by atoms with Crippen LogP contribution in [0, 0.1) is 0 Å². The summed E-state index contributed by atoms with van der Waals surface area (Å²) in [6.07, 6.45) is 8.49. The number of allylic oxidation sites excluding steroid dienone is 1. The average molecular weight is 270 g/mol. The van der Waals surface area contributed by atoms with Crippen LogP contribution in [-0.4, -0.2) is 18.3 Å². The lowest BCUT2D eigenvalue weighted by molar-refractivity contribution is 0.0962. The van der Waals surface area contributed by atoms with Gasteiger partial charge >= 0.3 is 0 Å². The number of fused-ring (bicyclic) bond motifs is 1. The Kier molecular flexibility index (Phi) is 4.63. The summed E-state index contributed by atoms with van der Waals surface area (Å²) >= 11 is 7.15. The molecule has 1 aliphatic rings. The molecule has 0 unspecified atom stereocenters. The number of carbonyl (C=O) groups excluding carboxylic acids is 1. The van der Waals surface area contributed by atoms with Crippen LogP contribution < -0.4 is 5.32 Å². The number of halogens is 1. The first kappa shape index (κ1) is 12.7. The summed E-state index contributed by atoms with van der Waals surface area (Å²) in [5, 5.41) is 2.87. The van der Waals surface area contributed by atoms with Crippen molar-refractivity contribution in [1.82, 2.24) is 5.32 Å². The van der Waals surface area contributed by atoms with E-state index in [0.717, 1.165) is 17.7 Å². The highest BCUT2D eigenvalue weighted by Gasteiger charge is 2.16. The van der Waals surface area contributed by atoms with E-state index in [2.05, 4.69) is 11.4 Å². The molecule has 0 spiro atoms. The van der Waals surface area contributed by atoms with Gasteiger partial charge in [0.15, 0.2) is 0 Å². The highest BCUT2D eigenvalue weighted by molar-refractivity contribution is 7.14. The Morgan fingerprint density at radius 3 is 3.00 bits per heavy atom. The Balaban J connectivity index is 1.95. The minimum absolute atomic E-state index is 0.0311. The fraction of sp³-hybridized carbons (Fsp3) is 0.462. The van der Waals surface area contributed by atoms with Gasteiger partial charge in [0.05, 0.1) is 4.88 Å². The molecule has 0 fully saturated rings. The molecule has 0 saturated heterocycles. The fourth-order valence-corrected chi connectivity index (χ4v) is 3.28. The van der Waals surface area contributed by atoms with Crippen molar-refractivity contribution in [3.8, 4) is 0 Å². The SMILES string of the molecule is O=C(NC/C=C/CCl)c1cc2c(s1)CCCC2. The monoisotopic (exact) mass is 269 g/mol. The van der Waals surface area contributed by atoms with E-state index < -0.39 is 0 Å². The van der Waals surface area contributed by atoms with Crippen LogP contribution in [0.25, 0.3) is 0 Å². The van der Waals surface area contributed by atoms with Crippen LogP contribution >= 0.6 is 22.9 Å². The van der Waals surface area contributed by atoms with Gasteiger partial charge < -0.3 is 5.32 Å². The Morgan fingerprint density at radius 1 is 1.41 bits per heavy atom. The molecular weight excluding hydrogens is 254 g/mol. The van der Waals surface area contributed by atoms with E-state index in [1.807, 2.05) is 12.2 Å². The topological polar surface area (TPSA) is 29.1 Å². The molecule has 0 radical (unpaired) electrons. The van der Waals surface area contributed by atoms with Crippen LogP contribution in [-0.2, 0) is 12.8 Å². The normalized spacial score (nSPS) is 14.9. The Labute approximate surface area is 111 Å². The van der Waals surface area contributed by atoms with Gasteiger partial charge in [-0.3, -0.25) is 4.79 Å². The summed E-state index contributed by atoms with van der Waals surface area (Å²) in [4.78, 5) is 14.1. The number of rotatable bonds is 4. The van der Waals surface area contributed by atoms with Gasteiger partial charge in [0.2, 0.25) is 0 Å². The van der Waals surface area contributed by atoms with Crippen LogP contribution in [0.5, 0.6) is 0 Å². The van der Waals surface area contributed by atoms with Crippen molar-refractivity contribution in [2.45, 2.75) is 25.7 Å². The van der Waals surface area contributed by atoms with E-state index in [-0.39, 0.29) is 5.91 Å². The highest BCUT2D eigenvalue weighted by Crippen LogP contribution is 2.29. The van der Waals surface area contributed by atoms with E-state index in [0.29, 0.717) is 12.4 Å². The van der Waals surface area contributed by atoms with Crippen molar-refractivity contribution in [1.29, 1.82) is 0 Å². The molecular formula is C13H16ClNOS. The summed E-state index contributed by atoms with van der Waals surface area (Å²) in [5.74, 6) is 0.520. The maximum atomic E-state index is 11.9. The molecule has 92 valence electrons. The first-order valence-corrected chi connectivity index (χ1v) is 7.27. The third kappa shape index (κ3) is 3.33. The highest BCUT2D eigenvalue weighted by atomic mass is 35.5. The predicted molar refractivity (Wildman–Crippen MR) is 73.2 cm³/mol. The largest absolute Gasteiger partial charge is 0.348 e. The number of amides is 1. The van der Waals surface area contributed by atoms with E-state index in [4.69, 9.17) is 11.6 Å². The lowest BCUT2D eigenvalue weighted by Gasteiger charge is -2.08. The molecule has 17 heavy (non-hydrogen) atoms. The second-order valence-corrected chi connectivity index (χ2v) is 5.55. The number of thiophene rings is 1. The number of aryl methyl sites for hydroxylation is 2. The van der Waals surface area contributed by atoms with E-state index in [1.165, 1.54) is 23.3 Å². The van der Waals surface area contributed by atoms with Crippen molar-refractivity contribution >= 4 is 28.8 Å². The molecule has 0 saturated carbocycles. The van der Waals surface area contributed by atoms with Gasteiger partial charge in [0.25, 0.3) is 5.91 Å². The third-order valence-corrected chi connectivity index (χ3v) is 4.27. The molecule has 4 heteroatoms. The summed E-state index contributed by atoms with van der Waals surface area (Å²) < 4.78 is 0. The van der Waals surface area contributed by atoms with Crippen molar-refractivity contribution < 1.29 is 4.79 Å². The second-order valence-electron chi connectivity index (χ2n) is 4.10. The molecule has 2 rings (SSSR count). The van der Waals surface area contributed by atoms with Gasteiger partial charge in [-0.15, -0.1) is 22.9 Å². The number of alkyl halides is 1. The molecule has 1 aromatic rings. The zero-order valence-electron chi connectivity index (χ0n) is 9.67. The quantitative estimate of drug-likeness (QED) is 0.660. The molecule has 1 amide bonds. The van der Waals surface area contributed by atoms with Gasteiger partial charge in [0.1, 0.15) is 0 Å². The standard InChI is InChI=1S/C13H16ClNOS/c14-7-3-4-8-15-13(16)12-9-10-5-1-2-6-11(10)17-12/h3-4,9H,1-2,5-8H2,(H,15,16)/b4-3+. The number of hydrogen-bond acceptors (Lipinski definition) is 2. The molecule has 1 N–H and O–H groups in total. The van der Waals surface area contributed by atoms with E-state index in [9.17, 15) is 4.79 Å². The molecule has 2 nitrogen and oxygen atoms in total. The number of nitrogens with one attached hydrogen (secondary N) is 1. The number of hydrogen-bond donors (Lipinski definition) is 1. The van der Waals surface area contributed by atoms with Gasteiger partial charge in [0, 0.05) is 17.3 Å². The maximum absolute atomic E-state index is 11.9. The van der Waals surface area contributed by atoms with Crippen LogP contribution in [0.4, 0.5) is 0 Å². The smallest absolute Gasteiger partial charge is 0.261 e. The fourth-order valence-electron chi connectivity index (χ4n) is 1.99. The van der Waals surface area contributed by atoms with Crippen LogP contribution in [0.1, 0.15) is 33.0 Å². The first-order valence-electron chi connectivity index (χ1n) is 5.92. The maximum Gasteiger partial charge on any atom is 0.261 e. The molecule has 1 aromatic heterocycles. The lowest BCUT2D eigenvalue weighted by Crippen LogP contribution is -2.22. The molecule has 1 heterocycles. The number of carbonyl (C=O) groups is 1. The molecule has 0 aromatic carbocycles. The lowest BCUT2D eigenvalue weighted by atomic mass is 9.99. The molecule has 1 aliphatic carbocycles. The van der Waals surface area contributed by atoms with Crippen LogP contribution in [0.3, 0.4) is 0 Å². The average Bonchev–Trinajstić information content (AvgIpc) is 2.78. The summed E-state index contributed by atoms with van der Waals surface area (Å²) in [5.41, 5.74) is 1.38. The van der Waals surface area contributed by atoms with Crippen molar-refractivity contribution in [3.05, 3.63) is 33.5 Å². The Hall–Kier alpha value is -0.800. The summed E-state index contributed by atoms with van der Waals surface area (Å²) in [6.45, 7) is 0.550. The zero-order valence-corrected chi connectivity index (χ0v) is 11.2.